The van der Waals surface area contributed by atoms with Crippen LogP contribution >= 0.6 is 0 Å². The van der Waals surface area contributed by atoms with E-state index < -0.39 is 0 Å². The smallest absolute Gasteiger partial charge is 0.000122 e. The molecule has 0 aromatic heterocycles. The Balaban J connectivity index is 2.56. The van der Waals surface area contributed by atoms with Gasteiger partial charge in [-0.1, -0.05) is 30.7 Å². The molecule has 0 heterocycles. The van der Waals surface area contributed by atoms with Crippen molar-refractivity contribution in [2.45, 2.75) is 32.6 Å². The lowest BCUT2D eigenvalue weighted by Gasteiger charge is -2.24. The Morgan fingerprint density at radius 3 is 2.60 bits per heavy atom. The first-order valence-corrected chi connectivity index (χ1v) is 4.05. The molecule has 10 heavy (non-hydrogen) atoms. The highest BCUT2D eigenvalue weighted by atomic mass is 14.2. The van der Waals surface area contributed by atoms with Gasteiger partial charge in [-0.25, -0.2) is 0 Å². The zero-order valence-corrected chi connectivity index (χ0v) is 6.82. The van der Waals surface area contributed by atoms with E-state index in [1.165, 1.54) is 36.8 Å². The van der Waals surface area contributed by atoms with Gasteiger partial charge < -0.3 is 0 Å². The summed E-state index contributed by atoms with van der Waals surface area (Å²) < 4.78 is 0. The molecule has 1 atom stereocenters. The van der Waals surface area contributed by atoms with Gasteiger partial charge in [-0.05, 0) is 32.1 Å². The second-order valence-corrected chi connectivity index (χ2v) is 3.30. The molecule has 0 aliphatic heterocycles. The normalized spacial score (nSPS) is 26.5. The monoisotopic (exact) mass is 136 g/mol. The minimum absolute atomic E-state index is 0.633. The summed E-state index contributed by atoms with van der Waals surface area (Å²) in [4.78, 5) is 0. The summed E-state index contributed by atoms with van der Waals surface area (Å²) in [6.07, 6.45) is 5.20. The zero-order valence-electron chi connectivity index (χ0n) is 6.82. The minimum Gasteiger partial charge on any atom is -0.0995 e. The van der Waals surface area contributed by atoms with Crippen molar-refractivity contribution >= 4 is 0 Å². The Bertz CT molecular complexity index is 153. The van der Waals surface area contributed by atoms with E-state index in [-0.39, 0.29) is 0 Å². The molecule has 1 saturated carbocycles. The van der Waals surface area contributed by atoms with Crippen LogP contribution in [-0.4, -0.2) is 0 Å². The molecule has 1 unspecified atom stereocenters. The molecule has 0 N–H and O–H groups in total. The molecule has 0 bridgehead atoms. The summed E-state index contributed by atoms with van der Waals surface area (Å²) in [6.45, 7) is 10.1. The lowest BCUT2D eigenvalue weighted by atomic mass is 9.81. The third kappa shape index (κ3) is 1.50. The topological polar surface area (TPSA) is 0 Å². The first-order valence-electron chi connectivity index (χ1n) is 4.05. The highest BCUT2D eigenvalue weighted by molar-refractivity contribution is 5.16. The van der Waals surface area contributed by atoms with Crippen molar-refractivity contribution in [3.05, 3.63) is 24.3 Å². The lowest BCUT2D eigenvalue weighted by molar-refractivity contribution is 0.504. The van der Waals surface area contributed by atoms with E-state index in [0.29, 0.717) is 5.92 Å². The maximum absolute atomic E-state index is 4.06. The van der Waals surface area contributed by atoms with Crippen LogP contribution in [0.5, 0.6) is 0 Å². The zero-order chi connectivity index (χ0) is 7.56. The first kappa shape index (κ1) is 7.59. The van der Waals surface area contributed by atoms with Crippen LogP contribution in [0.15, 0.2) is 24.3 Å². The SMILES string of the molecule is C=C(C)C1CCCCC1=C. The third-order valence-electron chi connectivity index (χ3n) is 2.33. The molecule has 1 fully saturated rings. The number of hydrogen-bond donors (Lipinski definition) is 0. The van der Waals surface area contributed by atoms with E-state index >= 15 is 0 Å². The van der Waals surface area contributed by atoms with Crippen molar-refractivity contribution in [2.24, 2.45) is 5.92 Å². The molecular formula is C10H16. The Kier molecular flexibility index (Phi) is 2.31. The molecule has 0 saturated heterocycles. The van der Waals surface area contributed by atoms with Crippen LogP contribution in [0.4, 0.5) is 0 Å². The molecule has 1 aliphatic rings. The minimum atomic E-state index is 0.633. The standard InChI is InChI=1S/C10H16/c1-8(2)10-7-5-4-6-9(10)3/h10H,1,3-7H2,2H3. The molecule has 1 rings (SSSR count). The van der Waals surface area contributed by atoms with Crippen LogP contribution in [0.2, 0.25) is 0 Å². The highest BCUT2D eigenvalue weighted by Crippen LogP contribution is 2.32. The second kappa shape index (κ2) is 3.05. The maximum Gasteiger partial charge on any atom is -0.000122 e. The maximum atomic E-state index is 4.06. The summed E-state index contributed by atoms with van der Waals surface area (Å²) in [5.74, 6) is 0.633. The summed E-state index contributed by atoms with van der Waals surface area (Å²) in [6, 6.07) is 0. The van der Waals surface area contributed by atoms with Gasteiger partial charge in [0.2, 0.25) is 0 Å². The van der Waals surface area contributed by atoms with Crippen LogP contribution in [-0.2, 0) is 0 Å². The van der Waals surface area contributed by atoms with E-state index in [1.54, 1.807) is 0 Å². The van der Waals surface area contributed by atoms with Crippen LogP contribution in [0.1, 0.15) is 32.6 Å². The molecule has 0 aromatic rings. The first-order chi connectivity index (χ1) is 4.72. The fourth-order valence-corrected chi connectivity index (χ4v) is 1.67. The van der Waals surface area contributed by atoms with Gasteiger partial charge in [0.15, 0.2) is 0 Å². The van der Waals surface area contributed by atoms with Gasteiger partial charge in [-0.15, -0.1) is 0 Å². The van der Waals surface area contributed by atoms with Crippen molar-refractivity contribution in [2.75, 3.05) is 0 Å². The van der Waals surface area contributed by atoms with Gasteiger partial charge in [0.25, 0.3) is 0 Å². The third-order valence-corrected chi connectivity index (χ3v) is 2.33. The number of hydrogen-bond acceptors (Lipinski definition) is 0. The highest BCUT2D eigenvalue weighted by Gasteiger charge is 2.16. The Labute approximate surface area is 63.6 Å². The van der Waals surface area contributed by atoms with Crippen LogP contribution < -0.4 is 0 Å². The van der Waals surface area contributed by atoms with Crippen LogP contribution in [0.25, 0.3) is 0 Å². The van der Waals surface area contributed by atoms with Crippen LogP contribution in [0, 0.1) is 5.92 Å². The molecule has 56 valence electrons. The lowest BCUT2D eigenvalue weighted by Crippen LogP contribution is -2.09. The molecule has 1 aliphatic carbocycles. The Morgan fingerprint density at radius 1 is 1.50 bits per heavy atom. The average molecular weight is 136 g/mol. The Hall–Kier alpha value is -0.520. The fraction of sp³-hybridized carbons (Fsp3) is 0.600. The Morgan fingerprint density at radius 2 is 2.20 bits per heavy atom. The predicted octanol–water partition coefficient (Wildman–Crippen LogP) is 3.31. The molecule has 0 heteroatoms. The fourth-order valence-electron chi connectivity index (χ4n) is 1.67. The van der Waals surface area contributed by atoms with Gasteiger partial charge in [-0.2, -0.15) is 0 Å². The van der Waals surface area contributed by atoms with Gasteiger partial charge >= 0.3 is 0 Å². The van der Waals surface area contributed by atoms with Crippen molar-refractivity contribution in [1.82, 2.24) is 0 Å². The molecule has 0 spiro atoms. The van der Waals surface area contributed by atoms with Crippen molar-refractivity contribution < 1.29 is 0 Å². The molecule has 0 aromatic carbocycles. The van der Waals surface area contributed by atoms with Gasteiger partial charge in [-0.3, -0.25) is 0 Å². The van der Waals surface area contributed by atoms with Crippen molar-refractivity contribution in [1.29, 1.82) is 0 Å². The van der Waals surface area contributed by atoms with E-state index in [2.05, 4.69) is 20.1 Å². The van der Waals surface area contributed by atoms with Crippen LogP contribution in [0.3, 0.4) is 0 Å². The summed E-state index contributed by atoms with van der Waals surface area (Å²) in [5, 5.41) is 0. The number of allylic oxidation sites excluding steroid dienone is 2. The molecular weight excluding hydrogens is 120 g/mol. The quantitative estimate of drug-likeness (QED) is 0.485. The average Bonchev–Trinajstić information content (AvgIpc) is 1.88. The van der Waals surface area contributed by atoms with E-state index in [9.17, 15) is 0 Å². The van der Waals surface area contributed by atoms with Gasteiger partial charge in [0.05, 0.1) is 0 Å². The molecule has 0 nitrogen and oxygen atoms in total. The van der Waals surface area contributed by atoms with Gasteiger partial charge in [0, 0.05) is 0 Å². The predicted molar refractivity (Wildman–Crippen MR) is 45.9 cm³/mol. The summed E-state index contributed by atoms with van der Waals surface area (Å²) in [5.41, 5.74) is 2.70. The summed E-state index contributed by atoms with van der Waals surface area (Å²) in [7, 11) is 0. The summed E-state index contributed by atoms with van der Waals surface area (Å²) >= 11 is 0. The van der Waals surface area contributed by atoms with Crippen molar-refractivity contribution in [3.8, 4) is 0 Å². The van der Waals surface area contributed by atoms with E-state index in [1.807, 2.05) is 0 Å². The van der Waals surface area contributed by atoms with Gasteiger partial charge in [0.1, 0.15) is 0 Å². The number of rotatable bonds is 1. The van der Waals surface area contributed by atoms with E-state index in [4.69, 9.17) is 0 Å². The molecule has 0 radical (unpaired) electrons. The van der Waals surface area contributed by atoms with E-state index in [0.717, 1.165) is 0 Å². The second-order valence-electron chi connectivity index (χ2n) is 3.30. The molecule has 0 amide bonds. The van der Waals surface area contributed by atoms with Crippen molar-refractivity contribution in [3.63, 3.8) is 0 Å². The largest absolute Gasteiger partial charge is 0.0995 e.